The zero-order chi connectivity index (χ0) is 14.7. The van der Waals surface area contributed by atoms with E-state index < -0.39 is 0 Å². The first kappa shape index (κ1) is 15.4. The number of carbonyl (C=O) groups is 1. The number of aryl methyl sites for hydroxylation is 2. The second kappa shape index (κ2) is 6.61. The van der Waals surface area contributed by atoms with Crippen LogP contribution in [0.1, 0.15) is 37.5 Å². The summed E-state index contributed by atoms with van der Waals surface area (Å²) in [6.45, 7) is 7.56. The van der Waals surface area contributed by atoms with E-state index >= 15 is 0 Å². The number of hydrogen-bond donors (Lipinski definition) is 0. The van der Waals surface area contributed by atoms with E-state index in [4.69, 9.17) is 0 Å². The Kier molecular flexibility index (Phi) is 5.07. The molecular weight excluding hydrogens is 272 g/mol. The lowest BCUT2D eigenvalue weighted by Gasteiger charge is -2.34. The first-order chi connectivity index (χ1) is 9.52. The molecule has 0 unspecified atom stereocenters. The number of nitrogens with zero attached hydrogens (tertiary/aromatic N) is 4. The smallest absolute Gasteiger partial charge is 0.226 e. The Balaban J connectivity index is 2.05. The molecule has 112 valence electrons. The van der Waals surface area contributed by atoms with Crippen LogP contribution in [0.25, 0.3) is 0 Å². The summed E-state index contributed by atoms with van der Waals surface area (Å²) < 4.78 is 1.99. The number of hydrogen-bond acceptors (Lipinski definition) is 4. The molecule has 0 N–H and O–H groups in total. The van der Waals surface area contributed by atoms with E-state index in [-0.39, 0.29) is 17.9 Å². The molecule has 1 aliphatic heterocycles. The van der Waals surface area contributed by atoms with E-state index in [0.717, 1.165) is 43.3 Å². The lowest BCUT2D eigenvalue weighted by Crippen LogP contribution is -2.43. The van der Waals surface area contributed by atoms with E-state index in [1.807, 2.05) is 36.6 Å². The fraction of sp³-hybridized carbons (Fsp3) is 0.786. The van der Waals surface area contributed by atoms with Crippen molar-refractivity contribution in [3.05, 3.63) is 11.6 Å². The normalized spacial score (nSPS) is 21.0. The minimum absolute atomic E-state index is 0.0994. The number of rotatable bonds is 4. The highest BCUT2D eigenvalue weighted by molar-refractivity contribution is 7.98. The maximum absolute atomic E-state index is 12.4. The van der Waals surface area contributed by atoms with Gasteiger partial charge in [0.2, 0.25) is 5.91 Å². The van der Waals surface area contributed by atoms with Crippen LogP contribution in [-0.4, -0.2) is 50.7 Å². The van der Waals surface area contributed by atoms with Crippen LogP contribution < -0.4 is 0 Å². The van der Waals surface area contributed by atoms with Gasteiger partial charge in [-0.3, -0.25) is 4.79 Å². The molecule has 20 heavy (non-hydrogen) atoms. The molecule has 1 saturated heterocycles. The van der Waals surface area contributed by atoms with Gasteiger partial charge in [-0.25, -0.2) is 9.67 Å². The van der Waals surface area contributed by atoms with Gasteiger partial charge in [-0.2, -0.15) is 16.9 Å². The summed E-state index contributed by atoms with van der Waals surface area (Å²) in [6, 6.07) is 0.273. The molecule has 2 heterocycles. The number of likely N-dealkylation sites (tertiary alicyclic amines) is 1. The summed E-state index contributed by atoms with van der Waals surface area (Å²) >= 11 is 1.73. The molecule has 1 aliphatic rings. The molecular formula is C14H24N4OS. The molecule has 0 aromatic carbocycles. The molecule has 0 spiro atoms. The highest BCUT2D eigenvalue weighted by atomic mass is 32.2. The zero-order valence-corrected chi connectivity index (χ0v) is 13.6. The van der Waals surface area contributed by atoms with Crippen molar-refractivity contribution in [3.8, 4) is 0 Å². The quantitative estimate of drug-likeness (QED) is 0.853. The van der Waals surface area contributed by atoms with Crippen LogP contribution in [0.3, 0.4) is 0 Å². The summed E-state index contributed by atoms with van der Waals surface area (Å²) in [4.78, 5) is 18.8. The highest BCUT2D eigenvalue weighted by Crippen LogP contribution is 2.23. The van der Waals surface area contributed by atoms with E-state index in [1.165, 1.54) is 0 Å². The van der Waals surface area contributed by atoms with Crippen LogP contribution >= 0.6 is 11.8 Å². The number of aromatic nitrogens is 3. The topological polar surface area (TPSA) is 51.0 Å². The van der Waals surface area contributed by atoms with Gasteiger partial charge in [-0.15, -0.1) is 0 Å². The lowest BCUT2D eigenvalue weighted by molar-refractivity contribution is -0.136. The second-order valence-corrected chi connectivity index (χ2v) is 6.50. The third-order valence-corrected chi connectivity index (χ3v) is 4.63. The fourth-order valence-electron chi connectivity index (χ4n) is 2.87. The third kappa shape index (κ3) is 3.34. The van der Waals surface area contributed by atoms with E-state index in [2.05, 4.69) is 10.1 Å². The van der Waals surface area contributed by atoms with Crippen LogP contribution in [-0.2, 0) is 4.79 Å². The fourth-order valence-corrected chi connectivity index (χ4v) is 3.51. The van der Waals surface area contributed by atoms with Crippen LogP contribution in [0.5, 0.6) is 0 Å². The van der Waals surface area contributed by atoms with Crippen molar-refractivity contribution in [3.63, 3.8) is 0 Å². The minimum atomic E-state index is 0.0994. The summed E-state index contributed by atoms with van der Waals surface area (Å²) in [5, 5.41) is 4.47. The van der Waals surface area contributed by atoms with Crippen molar-refractivity contribution >= 4 is 17.7 Å². The van der Waals surface area contributed by atoms with Gasteiger partial charge in [-0.1, -0.05) is 6.92 Å². The molecule has 0 bridgehead atoms. The van der Waals surface area contributed by atoms with Crippen LogP contribution in [0.4, 0.5) is 0 Å². The van der Waals surface area contributed by atoms with Gasteiger partial charge in [-0.05, 0) is 32.9 Å². The molecule has 1 fully saturated rings. The number of amides is 1. The molecule has 5 nitrogen and oxygen atoms in total. The van der Waals surface area contributed by atoms with Gasteiger partial charge < -0.3 is 4.90 Å². The maximum Gasteiger partial charge on any atom is 0.226 e. The SMILES string of the molecule is CSC[C@@H](C)C(=O)N1CCC[C@H](n2nc(C)nc2C)C1. The van der Waals surface area contributed by atoms with Crippen molar-refractivity contribution in [1.82, 2.24) is 19.7 Å². The Morgan fingerprint density at radius 3 is 2.85 bits per heavy atom. The second-order valence-electron chi connectivity index (χ2n) is 5.59. The Hall–Kier alpha value is -1.04. The van der Waals surface area contributed by atoms with Gasteiger partial charge in [0, 0.05) is 24.8 Å². The molecule has 1 aromatic rings. The van der Waals surface area contributed by atoms with Gasteiger partial charge in [0.05, 0.1) is 6.04 Å². The monoisotopic (exact) mass is 296 g/mol. The average Bonchev–Trinajstić information content (AvgIpc) is 2.77. The van der Waals surface area contributed by atoms with Crippen molar-refractivity contribution in [2.24, 2.45) is 5.92 Å². The predicted molar refractivity (Wildman–Crippen MR) is 81.9 cm³/mol. The van der Waals surface area contributed by atoms with Crippen LogP contribution in [0.15, 0.2) is 0 Å². The molecule has 6 heteroatoms. The van der Waals surface area contributed by atoms with Crippen molar-refractivity contribution in [2.75, 3.05) is 25.1 Å². The molecule has 1 amide bonds. The maximum atomic E-state index is 12.4. The van der Waals surface area contributed by atoms with E-state index in [1.54, 1.807) is 11.8 Å². The minimum Gasteiger partial charge on any atom is -0.340 e. The van der Waals surface area contributed by atoms with Crippen molar-refractivity contribution in [2.45, 2.75) is 39.7 Å². The van der Waals surface area contributed by atoms with Crippen LogP contribution in [0, 0.1) is 19.8 Å². The largest absolute Gasteiger partial charge is 0.340 e. The van der Waals surface area contributed by atoms with Gasteiger partial charge in [0.25, 0.3) is 0 Å². The summed E-state index contributed by atoms with van der Waals surface area (Å²) in [7, 11) is 0. The van der Waals surface area contributed by atoms with E-state index in [0.29, 0.717) is 0 Å². The molecule has 0 radical (unpaired) electrons. The molecule has 2 rings (SSSR count). The summed E-state index contributed by atoms with van der Waals surface area (Å²) in [6.07, 6.45) is 4.16. The number of thioether (sulfide) groups is 1. The Labute approximate surface area is 125 Å². The van der Waals surface area contributed by atoms with E-state index in [9.17, 15) is 4.79 Å². The first-order valence-corrected chi connectivity index (χ1v) is 8.59. The molecule has 2 atom stereocenters. The number of carbonyl (C=O) groups excluding carboxylic acids is 1. The van der Waals surface area contributed by atoms with Gasteiger partial charge in [0.1, 0.15) is 11.6 Å². The molecule has 0 aliphatic carbocycles. The summed E-state index contributed by atoms with van der Waals surface area (Å²) in [5.41, 5.74) is 0. The molecule has 1 aromatic heterocycles. The van der Waals surface area contributed by atoms with Crippen molar-refractivity contribution < 1.29 is 4.79 Å². The molecule has 0 saturated carbocycles. The van der Waals surface area contributed by atoms with Gasteiger partial charge >= 0.3 is 0 Å². The highest BCUT2D eigenvalue weighted by Gasteiger charge is 2.28. The Bertz CT molecular complexity index is 474. The first-order valence-electron chi connectivity index (χ1n) is 7.20. The third-order valence-electron chi connectivity index (χ3n) is 3.80. The average molecular weight is 296 g/mol. The predicted octanol–water partition coefficient (Wildman–Crippen LogP) is 2.06. The standard InChI is InChI=1S/C14H24N4OS/c1-10(9-20-4)14(19)17-7-5-6-13(8-17)18-12(3)15-11(2)16-18/h10,13H,5-9H2,1-4H3/t10-,13+/m1/s1. The number of piperidine rings is 1. The zero-order valence-electron chi connectivity index (χ0n) is 12.8. The van der Waals surface area contributed by atoms with Gasteiger partial charge in [0.15, 0.2) is 0 Å². The van der Waals surface area contributed by atoms with Crippen molar-refractivity contribution in [1.29, 1.82) is 0 Å². The summed E-state index contributed by atoms with van der Waals surface area (Å²) in [5.74, 6) is 3.02. The Morgan fingerprint density at radius 1 is 1.50 bits per heavy atom. The Morgan fingerprint density at radius 2 is 2.25 bits per heavy atom. The van der Waals surface area contributed by atoms with Crippen LogP contribution in [0.2, 0.25) is 0 Å². The lowest BCUT2D eigenvalue weighted by atomic mass is 10.0.